The number of nitrogens with zero attached hydrogens (tertiary/aromatic N) is 1. The molecule has 1 amide bonds. The molecule has 1 aliphatic heterocycles. The Morgan fingerprint density at radius 2 is 1.79 bits per heavy atom. The summed E-state index contributed by atoms with van der Waals surface area (Å²) in [7, 11) is 1.23. The van der Waals surface area contributed by atoms with E-state index in [4.69, 9.17) is 14.2 Å². The van der Waals surface area contributed by atoms with Crippen molar-refractivity contribution in [3.05, 3.63) is 35.9 Å². The number of Topliss-reactive ketones (excluding diaryl/α,β-unsaturated/α-hetero) is 1. The highest BCUT2D eigenvalue weighted by Gasteiger charge is 2.52. The molecule has 0 bridgehead atoms. The van der Waals surface area contributed by atoms with E-state index in [0.717, 1.165) is 5.56 Å². The summed E-state index contributed by atoms with van der Waals surface area (Å²) >= 11 is 0. The van der Waals surface area contributed by atoms with E-state index >= 15 is 0 Å². The van der Waals surface area contributed by atoms with Gasteiger partial charge in [0.05, 0.1) is 25.2 Å². The van der Waals surface area contributed by atoms with Crippen LogP contribution in [-0.2, 0) is 35.0 Å². The van der Waals surface area contributed by atoms with Crippen LogP contribution >= 0.6 is 0 Å². The number of benzene rings is 1. The number of amides is 1. The molecule has 4 atom stereocenters. The molecule has 0 N–H and O–H groups in total. The summed E-state index contributed by atoms with van der Waals surface area (Å²) < 4.78 is 16.9. The summed E-state index contributed by atoms with van der Waals surface area (Å²) in [6.07, 6.45) is 0.0995. The molecule has 1 heterocycles. The highest BCUT2D eigenvalue weighted by Crippen LogP contribution is 2.39. The zero-order chi connectivity index (χ0) is 25.7. The van der Waals surface area contributed by atoms with E-state index in [0.29, 0.717) is 12.7 Å². The van der Waals surface area contributed by atoms with E-state index in [1.54, 1.807) is 39.5 Å². The molecule has 0 saturated carbocycles. The molecule has 8 nitrogen and oxygen atoms in total. The summed E-state index contributed by atoms with van der Waals surface area (Å²) in [5.74, 6) is -2.56. The third kappa shape index (κ3) is 7.13. The molecule has 188 valence electrons. The van der Waals surface area contributed by atoms with Gasteiger partial charge in [-0.05, 0) is 59.9 Å². The second-order valence-electron chi connectivity index (χ2n) is 10.3. The zero-order valence-corrected chi connectivity index (χ0v) is 21.2. The largest absolute Gasteiger partial charge is 0.469 e. The summed E-state index contributed by atoms with van der Waals surface area (Å²) in [4.78, 5) is 51.1. The van der Waals surface area contributed by atoms with Crippen LogP contribution in [0, 0.1) is 11.8 Å². The predicted molar refractivity (Wildman–Crippen MR) is 126 cm³/mol. The molecule has 4 unspecified atom stereocenters. The summed E-state index contributed by atoms with van der Waals surface area (Å²) in [5.41, 5.74) is -0.727. The van der Waals surface area contributed by atoms with Crippen molar-refractivity contribution in [1.82, 2.24) is 4.90 Å². The van der Waals surface area contributed by atoms with Crippen molar-refractivity contribution in [3.63, 3.8) is 0 Å². The monoisotopic (exact) mass is 475 g/mol. The number of methoxy groups -OCH3 is 1. The van der Waals surface area contributed by atoms with Crippen molar-refractivity contribution >= 4 is 24.1 Å². The molecule has 1 aliphatic rings. The van der Waals surface area contributed by atoms with E-state index in [1.165, 1.54) is 14.0 Å². The molecule has 1 aromatic carbocycles. The van der Waals surface area contributed by atoms with Crippen LogP contribution in [0.5, 0.6) is 0 Å². The Balaban J connectivity index is 2.42. The minimum atomic E-state index is -1.01. The van der Waals surface area contributed by atoms with Gasteiger partial charge in [0.25, 0.3) is 0 Å². The zero-order valence-electron chi connectivity index (χ0n) is 21.2. The molecular formula is C26H37NO7. The van der Waals surface area contributed by atoms with Gasteiger partial charge in [-0.25, -0.2) is 4.79 Å². The lowest BCUT2D eigenvalue weighted by molar-refractivity contribution is -0.151. The fraction of sp³-hybridized carbons (Fsp3) is 0.615. The van der Waals surface area contributed by atoms with Crippen LogP contribution in [0.2, 0.25) is 0 Å². The Morgan fingerprint density at radius 1 is 1.18 bits per heavy atom. The Labute approximate surface area is 201 Å². The topological polar surface area (TPSA) is 99.2 Å². The van der Waals surface area contributed by atoms with Crippen LogP contribution in [0.3, 0.4) is 0 Å². The molecule has 1 saturated heterocycles. The van der Waals surface area contributed by atoms with Crippen LogP contribution in [0.1, 0.15) is 59.9 Å². The Morgan fingerprint density at radius 3 is 2.29 bits per heavy atom. The van der Waals surface area contributed by atoms with E-state index in [2.05, 4.69) is 0 Å². The van der Waals surface area contributed by atoms with Gasteiger partial charge in [-0.3, -0.25) is 9.69 Å². The minimum absolute atomic E-state index is 0.106. The van der Waals surface area contributed by atoms with Crippen molar-refractivity contribution in [3.8, 4) is 0 Å². The molecule has 0 spiro atoms. The number of hydrogen-bond acceptors (Lipinski definition) is 7. The molecular weight excluding hydrogens is 438 g/mol. The second-order valence-corrected chi connectivity index (χ2v) is 10.3. The number of ether oxygens (including phenoxy) is 3. The molecule has 0 aliphatic carbocycles. The van der Waals surface area contributed by atoms with Gasteiger partial charge in [0, 0.05) is 12.3 Å². The SMILES string of the molecule is COC(=O)C(CC(C)=O)C(C=O)CC1OC(C)(C)N(C(=O)OC(C)(C)C)C1Cc1ccccc1. The summed E-state index contributed by atoms with van der Waals surface area (Å²) in [6, 6.07) is 9.20. The van der Waals surface area contributed by atoms with Crippen LogP contribution < -0.4 is 0 Å². The van der Waals surface area contributed by atoms with Crippen LogP contribution in [0.4, 0.5) is 4.79 Å². The van der Waals surface area contributed by atoms with Gasteiger partial charge in [0.1, 0.15) is 23.4 Å². The van der Waals surface area contributed by atoms with Gasteiger partial charge in [0.2, 0.25) is 0 Å². The molecule has 0 radical (unpaired) electrons. The fourth-order valence-corrected chi connectivity index (χ4v) is 4.47. The average Bonchev–Trinajstić information content (AvgIpc) is 2.98. The highest BCUT2D eigenvalue weighted by atomic mass is 16.6. The molecule has 8 heteroatoms. The Hall–Kier alpha value is -2.74. The van der Waals surface area contributed by atoms with Crippen molar-refractivity contribution in [1.29, 1.82) is 0 Å². The first kappa shape index (κ1) is 27.5. The lowest BCUT2D eigenvalue weighted by atomic mass is 9.83. The molecule has 1 aromatic rings. The predicted octanol–water partition coefficient (Wildman–Crippen LogP) is 3.94. The second kappa shape index (κ2) is 11.1. The summed E-state index contributed by atoms with van der Waals surface area (Å²) in [6.45, 7) is 10.3. The lowest BCUT2D eigenvalue weighted by Gasteiger charge is -2.35. The smallest absolute Gasteiger partial charge is 0.412 e. The van der Waals surface area contributed by atoms with Gasteiger partial charge >= 0.3 is 12.1 Å². The van der Waals surface area contributed by atoms with Gasteiger partial charge in [-0.1, -0.05) is 30.3 Å². The van der Waals surface area contributed by atoms with Crippen molar-refractivity contribution in [2.45, 2.75) is 84.3 Å². The standard InChI is InChI=1S/C26H37NO7/c1-17(29)13-20(23(30)32-7)19(16-28)15-22-21(14-18-11-9-8-10-12-18)27(26(5,6)33-22)24(31)34-25(2,3)4/h8-12,16,19-22H,13-15H2,1-7H3. The fourth-order valence-electron chi connectivity index (χ4n) is 4.47. The summed E-state index contributed by atoms with van der Waals surface area (Å²) in [5, 5.41) is 0. The number of rotatable bonds is 9. The third-order valence-corrected chi connectivity index (χ3v) is 5.87. The average molecular weight is 476 g/mol. The van der Waals surface area contributed by atoms with Crippen molar-refractivity contribution < 1.29 is 33.4 Å². The number of esters is 1. The molecule has 0 aromatic heterocycles. The minimum Gasteiger partial charge on any atom is -0.469 e. The molecule has 2 rings (SSSR count). The van der Waals surface area contributed by atoms with E-state index in [9.17, 15) is 19.2 Å². The van der Waals surface area contributed by atoms with Gasteiger partial charge in [-0.2, -0.15) is 0 Å². The van der Waals surface area contributed by atoms with Crippen LogP contribution in [0.25, 0.3) is 0 Å². The van der Waals surface area contributed by atoms with Crippen LogP contribution in [0.15, 0.2) is 30.3 Å². The first-order valence-corrected chi connectivity index (χ1v) is 11.6. The normalized spacial score (nSPS) is 21.4. The first-order chi connectivity index (χ1) is 15.8. The van der Waals surface area contributed by atoms with Crippen LogP contribution in [-0.4, -0.2) is 59.6 Å². The van der Waals surface area contributed by atoms with Gasteiger partial charge in [0.15, 0.2) is 0 Å². The number of ketones is 1. The quantitative estimate of drug-likeness (QED) is 0.394. The maximum atomic E-state index is 13.2. The van der Waals surface area contributed by atoms with E-state index in [-0.39, 0.29) is 18.6 Å². The number of carbonyl (C=O) groups is 4. The highest BCUT2D eigenvalue weighted by molar-refractivity contribution is 5.85. The molecule has 34 heavy (non-hydrogen) atoms. The number of carbonyl (C=O) groups excluding carboxylic acids is 4. The van der Waals surface area contributed by atoms with E-state index < -0.39 is 47.4 Å². The van der Waals surface area contributed by atoms with Crippen molar-refractivity contribution in [2.75, 3.05) is 7.11 Å². The molecule has 1 fully saturated rings. The van der Waals surface area contributed by atoms with E-state index in [1.807, 2.05) is 30.3 Å². The third-order valence-electron chi connectivity index (χ3n) is 5.87. The van der Waals surface area contributed by atoms with Crippen molar-refractivity contribution in [2.24, 2.45) is 11.8 Å². The maximum absolute atomic E-state index is 13.2. The Kier molecular flexibility index (Phi) is 9.00. The maximum Gasteiger partial charge on any atom is 0.412 e. The lowest BCUT2D eigenvalue weighted by Crippen LogP contribution is -2.51. The first-order valence-electron chi connectivity index (χ1n) is 11.6. The number of aldehydes is 1. The van der Waals surface area contributed by atoms with Gasteiger partial charge < -0.3 is 23.8 Å². The van der Waals surface area contributed by atoms with Gasteiger partial charge in [-0.15, -0.1) is 0 Å². The number of hydrogen-bond donors (Lipinski definition) is 0. The Bertz CT molecular complexity index is 875.